The summed E-state index contributed by atoms with van der Waals surface area (Å²) in [5.41, 5.74) is 6.86. The number of rotatable bonds is 9. The minimum absolute atomic E-state index is 0.226. The second kappa shape index (κ2) is 7.51. The number of nitrogens with two attached hydrogens (primary N) is 1. The molecular formula is C15H25N3OS2. The van der Waals surface area contributed by atoms with Gasteiger partial charge in [-0.25, -0.2) is 0 Å². The van der Waals surface area contributed by atoms with E-state index in [1.54, 1.807) is 11.8 Å². The van der Waals surface area contributed by atoms with Crippen molar-refractivity contribution in [2.24, 2.45) is 5.92 Å². The third kappa shape index (κ3) is 3.93. The third-order valence-corrected chi connectivity index (χ3v) is 6.02. The number of nitrogens with zero attached hydrogens (tertiary/aromatic N) is 1. The molecule has 0 amide bonds. The van der Waals surface area contributed by atoms with Gasteiger partial charge in [0.15, 0.2) is 5.78 Å². The quantitative estimate of drug-likeness (QED) is 0.538. The number of hydrogen-bond donors (Lipinski definition) is 2. The lowest BCUT2D eigenvalue weighted by atomic mass is 10.2. The monoisotopic (exact) mass is 327 g/mol. The Labute approximate surface area is 135 Å². The molecule has 0 unspecified atom stereocenters. The molecule has 1 heterocycles. The molecule has 1 saturated carbocycles. The fourth-order valence-electron chi connectivity index (χ4n) is 2.33. The van der Waals surface area contributed by atoms with Crippen LogP contribution in [0, 0.1) is 5.92 Å². The molecule has 0 aliphatic heterocycles. The Morgan fingerprint density at radius 3 is 2.62 bits per heavy atom. The zero-order chi connectivity index (χ0) is 15.4. The predicted octanol–water partition coefficient (Wildman–Crippen LogP) is 3.40. The average Bonchev–Trinajstić information content (AvgIpc) is 3.28. The number of carbonyl (C=O) groups excluding carboxylic acids is 1. The Hall–Kier alpha value is -0.720. The number of ketones is 1. The Kier molecular flexibility index (Phi) is 5.96. The number of thiophene rings is 1. The molecular weight excluding hydrogens is 302 g/mol. The van der Waals surface area contributed by atoms with Crippen molar-refractivity contribution in [2.75, 3.05) is 43.5 Å². The minimum Gasteiger partial charge on any atom is -0.396 e. The maximum atomic E-state index is 12.3. The van der Waals surface area contributed by atoms with Gasteiger partial charge in [0.2, 0.25) is 0 Å². The highest BCUT2D eigenvalue weighted by Gasteiger charge is 2.33. The molecule has 0 radical (unpaired) electrons. The van der Waals surface area contributed by atoms with Gasteiger partial charge in [-0.3, -0.25) is 4.79 Å². The van der Waals surface area contributed by atoms with Gasteiger partial charge in [0.25, 0.3) is 0 Å². The first kappa shape index (κ1) is 16.6. The summed E-state index contributed by atoms with van der Waals surface area (Å²) in [7, 11) is 0. The van der Waals surface area contributed by atoms with Crippen molar-refractivity contribution in [3.63, 3.8) is 0 Å². The molecule has 0 saturated heterocycles. The van der Waals surface area contributed by atoms with Crippen LogP contribution in [0.25, 0.3) is 0 Å². The molecule has 4 nitrogen and oxygen atoms in total. The fraction of sp³-hybridized carbons (Fsp3) is 0.667. The lowest BCUT2D eigenvalue weighted by Crippen LogP contribution is -2.28. The summed E-state index contributed by atoms with van der Waals surface area (Å²) in [6.45, 7) is 8.35. The van der Waals surface area contributed by atoms with Crippen LogP contribution >= 0.6 is 23.1 Å². The van der Waals surface area contributed by atoms with E-state index in [9.17, 15) is 4.79 Å². The van der Waals surface area contributed by atoms with Crippen LogP contribution in [-0.4, -0.2) is 43.1 Å². The van der Waals surface area contributed by atoms with Gasteiger partial charge < -0.3 is 16.0 Å². The molecule has 0 atom stereocenters. The summed E-state index contributed by atoms with van der Waals surface area (Å²) < 4.78 is 0. The molecule has 118 valence electrons. The molecule has 1 fully saturated rings. The van der Waals surface area contributed by atoms with Crippen molar-refractivity contribution in [1.82, 2.24) is 4.90 Å². The second-order valence-electron chi connectivity index (χ2n) is 5.30. The van der Waals surface area contributed by atoms with Crippen molar-refractivity contribution in [1.29, 1.82) is 0 Å². The van der Waals surface area contributed by atoms with Gasteiger partial charge in [-0.2, -0.15) is 0 Å². The predicted molar refractivity (Wildman–Crippen MR) is 93.8 cm³/mol. The number of nitrogen functional groups attached to an aromatic ring is 1. The van der Waals surface area contributed by atoms with Crippen molar-refractivity contribution in [3.8, 4) is 0 Å². The topological polar surface area (TPSA) is 58.4 Å². The summed E-state index contributed by atoms with van der Waals surface area (Å²) in [6.07, 6.45) is 4.06. The first-order chi connectivity index (χ1) is 10.1. The summed E-state index contributed by atoms with van der Waals surface area (Å²) >= 11 is 3.15. The zero-order valence-corrected chi connectivity index (χ0v) is 14.7. The van der Waals surface area contributed by atoms with E-state index in [1.807, 2.05) is 6.26 Å². The van der Waals surface area contributed by atoms with Gasteiger partial charge in [-0.15, -0.1) is 23.1 Å². The zero-order valence-electron chi connectivity index (χ0n) is 13.1. The highest BCUT2D eigenvalue weighted by atomic mass is 32.2. The Morgan fingerprint density at radius 1 is 1.43 bits per heavy atom. The third-order valence-electron chi connectivity index (χ3n) is 3.88. The van der Waals surface area contributed by atoms with Gasteiger partial charge in [0.1, 0.15) is 5.00 Å². The molecule has 2 rings (SSSR count). The van der Waals surface area contributed by atoms with Crippen molar-refractivity contribution in [3.05, 3.63) is 4.88 Å². The van der Waals surface area contributed by atoms with Crippen LogP contribution in [0.5, 0.6) is 0 Å². The van der Waals surface area contributed by atoms with E-state index in [-0.39, 0.29) is 11.7 Å². The molecule has 0 spiro atoms. The van der Waals surface area contributed by atoms with Crippen LogP contribution < -0.4 is 11.1 Å². The fourth-order valence-corrected chi connectivity index (χ4v) is 4.41. The number of Topliss-reactive ketones (excluding diaryl/α,β-unsaturated/α-hetero) is 1. The van der Waals surface area contributed by atoms with Crippen LogP contribution in [0.4, 0.5) is 10.7 Å². The van der Waals surface area contributed by atoms with Crippen LogP contribution in [0.15, 0.2) is 4.90 Å². The molecule has 1 aliphatic rings. The molecule has 6 heteroatoms. The number of thioether (sulfide) groups is 1. The maximum absolute atomic E-state index is 12.3. The van der Waals surface area contributed by atoms with Crippen LogP contribution in [0.2, 0.25) is 0 Å². The van der Waals surface area contributed by atoms with Gasteiger partial charge in [-0.1, -0.05) is 13.8 Å². The number of hydrogen-bond acceptors (Lipinski definition) is 6. The number of nitrogens with one attached hydrogen (secondary N) is 1. The maximum Gasteiger partial charge on any atom is 0.178 e. The normalized spacial score (nSPS) is 14.7. The van der Waals surface area contributed by atoms with Crippen molar-refractivity contribution in [2.45, 2.75) is 31.6 Å². The van der Waals surface area contributed by atoms with E-state index in [0.717, 1.165) is 53.8 Å². The van der Waals surface area contributed by atoms with E-state index in [1.165, 1.54) is 11.3 Å². The van der Waals surface area contributed by atoms with E-state index < -0.39 is 0 Å². The summed E-state index contributed by atoms with van der Waals surface area (Å²) in [6, 6.07) is 0. The van der Waals surface area contributed by atoms with Gasteiger partial charge in [-0.05, 0) is 32.2 Å². The summed E-state index contributed by atoms with van der Waals surface area (Å²) in [5, 5.41) is 4.51. The summed E-state index contributed by atoms with van der Waals surface area (Å²) in [5.74, 6) is 0.466. The van der Waals surface area contributed by atoms with Gasteiger partial charge in [0, 0.05) is 19.0 Å². The smallest absolute Gasteiger partial charge is 0.178 e. The Morgan fingerprint density at radius 2 is 2.10 bits per heavy atom. The minimum atomic E-state index is 0.226. The van der Waals surface area contributed by atoms with E-state index in [2.05, 4.69) is 24.1 Å². The highest BCUT2D eigenvalue weighted by molar-refractivity contribution is 7.99. The van der Waals surface area contributed by atoms with Crippen molar-refractivity contribution >= 4 is 39.6 Å². The van der Waals surface area contributed by atoms with Crippen LogP contribution in [-0.2, 0) is 0 Å². The van der Waals surface area contributed by atoms with Crippen LogP contribution in [0.3, 0.4) is 0 Å². The van der Waals surface area contributed by atoms with E-state index in [0.29, 0.717) is 5.69 Å². The lowest BCUT2D eigenvalue weighted by Gasteiger charge is -2.18. The van der Waals surface area contributed by atoms with Crippen LogP contribution in [0.1, 0.15) is 36.4 Å². The molecule has 1 aliphatic carbocycles. The van der Waals surface area contributed by atoms with E-state index >= 15 is 0 Å². The van der Waals surface area contributed by atoms with Gasteiger partial charge in [0.05, 0.1) is 15.5 Å². The first-order valence-electron chi connectivity index (χ1n) is 7.59. The molecule has 0 aromatic carbocycles. The highest BCUT2D eigenvalue weighted by Crippen LogP contribution is 2.45. The Bertz CT molecular complexity index is 493. The number of likely N-dealkylation sites (N-methyl/N-ethyl adjacent to an activating group) is 1. The molecule has 3 N–H and O–H groups in total. The second-order valence-corrected chi connectivity index (χ2v) is 7.14. The molecule has 1 aromatic rings. The number of carbonyl (C=O) groups is 1. The SMILES string of the molecule is CCN(CC)CCNc1sc(C(=O)C2CC2)c(N)c1SC. The van der Waals surface area contributed by atoms with Gasteiger partial charge >= 0.3 is 0 Å². The standard InChI is InChI=1S/C15H25N3OS2/c1-4-18(5-2)9-8-17-15-14(20-3)11(16)13(21-15)12(19)10-6-7-10/h10,17H,4-9,16H2,1-3H3. The average molecular weight is 328 g/mol. The molecule has 21 heavy (non-hydrogen) atoms. The largest absolute Gasteiger partial charge is 0.396 e. The summed E-state index contributed by atoms with van der Waals surface area (Å²) in [4.78, 5) is 16.4. The Balaban J connectivity index is 2.04. The first-order valence-corrected chi connectivity index (χ1v) is 9.63. The lowest BCUT2D eigenvalue weighted by molar-refractivity contribution is 0.0972. The van der Waals surface area contributed by atoms with E-state index in [4.69, 9.17) is 5.73 Å². The number of anilines is 2. The molecule has 0 bridgehead atoms. The molecule has 1 aromatic heterocycles. The van der Waals surface area contributed by atoms with Crippen molar-refractivity contribution < 1.29 is 4.79 Å².